The summed E-state index contributed by atoms with van der Waals surface area (Å²) in [6.45, 7) is 0. The Bertz CT molecular complexity index is 453. The number of rotatable bonds is 4. The van der Waals surface area contributed by atoms with Crippen molar-refractivity contribution in [2.75, 3.05) is 5.75 Å². The predicted octanol–water partition coefficient (Wildman–Crippen LogP) is 1.97. The largest absolute Gasteiger partial charge is 0.481 e. The monoisotopic (exact) mass is 247 g/mol. The van der Waals surface area contributed by atoms with Crippen molar-refractivity contribution < 1.29 is 14.1 Å². The highest BCUT2D eigenvalue weighted by atomic mass is 35.5. The van der Waals surface area contributed by atoms with E-state index < -0.39 is 21.5 Å². The molecule has 0 aliphatic carbocycles. The molecule has 4 nitrogen and oxygen atoms in total. The molecule has 82 valence electrons. The molecular formula is C9H10ClNO3S. The third-order valence-electron chi connectivity index (χ3n) is 1.67. The van der Waals surface area contributed by atoms with Gasteiger partial charge < -0.3 is 5.11 Å². The van der Waals surface area contributed by atoms with Gasteiger partial charge in [0.15, 0.2) is 0 Å². The molecular weight excluding hydrogens is 238 g/mol. The topological polar surface area (TPSA) is 78.2 Å². The molecule has 0 fully saturated rings. The first-order valence-corrected chi connectivity index (χ1v) is 6.37. The van der Waals surface area contributed by atoms with Crippen LogP contribution in [0.4, 0.5) is 0 Å². The second-order valence-electron chi connectivity index (χ2n) is 3.12. The standard InChI is InChI=1S/C9H10ClNO3S/c10-8-3-1-7(2-4-8)5-15(11,14)6-9(12)13/h1-4,11H,5-6H2,(H,12,13). The van der Waals surface area contributed by atoms with E-state index in [1.54, 1.807) is 24.3 Å². The molecule has 0 amide bonds. The van der Waals surface area contributed by atoms with Gasteiger partial charge in [-0.2, -0.15) is 0 Å². The zero-order valence-electron chi connectivity index (χ0n) is 7.77. The van der Waals surface area contributed by atoms with E-state index in [9.17, 15) is 9.00 Å². The second kappa shape index (κ2) is 4.63. The Morgan fingerprint density at radius 1 is 1.40 bits per heavy atom. The molecule has 1 rings (SSSR count). The fourth-order valence-electron chi connectivity index (χ4n) is 1.10. The van der Waals surface area contributed by atoms with Crippen LogP contribution in [0, 0.1) is 4.78 Å². The summed E-state index contributed by atoms with van der Waals surface area (Å²) in [5.41, 5.74) is 0.653. The lowest BCUT2D eigenvalue weighted by molar-refractivity contribution is -0.134. The van der Waals surface area contributed by atoms with Gasteiger partial charge in [0.25, 0.3) is 0 Å². The molecule has 0 aliphatic heterocycles. The van der Waals surface area contributed by atoms with Gasteiger partial charge in [0.2, 0.25) is 0 Å². The summed E-state index contributed by atoms with van der Waals surface area (Å²) in [7, 11) is -3.09. The highest BCUT2D eigenvalue weighted by Gasteiger charge is 2.12. The van der Waals surface area contributed by atoms with Crippen molar-refractivity contribution in [1.29, 1.82) is 4.78 Å². The Hall–Kier alpha value is -1.07. The lowest BCUT2D eigenvalue weighted by atomic mass is 10.2. The van der Waals surface area contributed by atoms with Gasteiger partial charge in [-0.05, 0) is 17.7 Å². The number of carboxylic acid groups (broad SMARTS) is 1. The quantitative estimate of drug-likeness (QED) is 0.854. The van der Waals surface area contributed by atoms with Crippen LogP contribution in [0.1, 0.15) is 5.56 Å². The molecule has 1 aromatic rings. The van der Waals surface area contributed by atoms with Gasteiger partial charge in [-0.3, -0.25) is 9.57 Å². The Kier molecular flexibility index (Phi) is 3.71. The van der Waals surface area contributed by atoms with Crippen LogP contribution in [-0.2, 0) is 20.3 Å². The van der Waals surface area contributed by atoms with Crippen LogP contribution in [0.25, 0.3) is 0 Å². The van der Waals surface area contributed by atoms with Gasteiger partial charge in [-0.1, -0.05) is 23.7 Å². The van der Waals surface area contributed by atoms with E-state index in [-0.39, 0.29) is 5.75 Å². The average molecular weight is 248 g/mol. The normalized spacial score (nSPS) is 14.5. The van der Waals surface area contributed by atoms with Crippen LogP contribution in [0.5, 0.6) is 0 Å². The number of halogens is 1. The van der Waals surface area contributed by atoms with Crippen molar-refractivity contribution in [2.45, 2.75) is 5.75 Å². The summed E-state index contributed by atoms with van der Waals surface area (Å²) >= 11 is 5.65. The van der Waals surface area contributed by atoms with E-state index >= 15 is 0 Å². The van der Waals surface area contributed by atoms with Gasteiger partial charge >= 0.3 is 5.97 Å². The molecule has 6 heteroatoms. The fraction of sp³-hybridized carbons (Fsp3) is 0.222. The first-order chi connectivity index (χ1) is 6.89. The van der Waals surface area contributed by atoms with E-state index in [0.29, 0.717) is 10.6 Å². The SMILES string of the molecule is N=S(=O)(CC(=O)O)Cc1ccc(Cl)cc1. The van der Waals surface area contributed by atoms with Gasteiger partial charge in [-0.25, -0.2) is 4.21 Å². The summed E-state index contributed by atoms with van der Waals surface area (Å²) in [5, 5.41) is 9.00. The Morgan fingerprint density at radius 2 is 1.93 bits per heavy atom. The first-order valence-electron chi connectivity index (χ1n) is 4.09. The number of hydrogen-bond acceptors (Lipinski definition) is 3. The molecule has 0 heterocycles. The van der Waals surface area contributed by atoms with Crippen molar-refractivity contribution in [3.05, 3.63) is 34.9 Å². The molecule has 0 bridgehead atoms. The number of carbonyl (C=O) groups is 1. The molecule has 0 saturated carbocycles. The van der Waals surface area contributed by atoms with Crippen LogP contribution in [0.2, 0.25) is 5.02 Å². The van der Waals surface area contributed by atoms with E-state index in [1.165, 1.54) is 0 Å². The first kappa shape index (κ1) is 12.0. The fourth-order valence-corrected chi connectivity index (χ4v) is 2.46. The zero-order valence-corrected chi connectivity index (χ0v) is 9.35. The number of nitrogens with one attached hydrogen (secondary N) is 1. The van der Waals surface area contributed by atoms with E-state index in [0.717, 1.165) is 0 Å². The van der Waals surface area contributed by atoms with E-state index in [1.807, 2.05) is 0 Å². The van der Waals surface area contributed by atoms with Crippen molar-refractivity contribution >= 4 is 27.3 Å². The number of hydrogen-bond donors (Lipinski definition) is 2. The Morgan fingerprint density at radius 3 is 2.40 bits per heavy atom. The Labute approximate surface area is 92.9 Å². The van der Waals surface area contributed by atoms with Crippen LogP contribution in [-0.4, -0.2) is 21.0 Å². The lowest BCUT2D eigenvalue weighted by Crippen LogP contribution is -2.15. The molecule has 0 spiro atoms. The van der Waals surface area contributed by atoms with Crippen molar-refractivity contribution in [3.8, 4) is 0 Å². The third-order valence-corrected chi connectivity index (χ3v) is 3.43. The van der Waals surface area contributed by atoms with Crippen molar-refractivity contribution in [3.63, 3.8) is 0 Å². The molecule has 0 aliphatic rings. The second-order valence-corrected chi connectivity index (χ2v) is 5.76. The molecule has 2 N–H and O–H groups in total. The molecule has 15 heavy (non-hydrogen) atoms. The zero-order chi connectivity index (χ0) is 11.5. The molecule has 0 radical (unpaired) electrons. The van der Waals surface area contributed by atoms with Crippen molar-refractivity contribution in [2.24, 2.45) is 0 Å². The summed E-state index contributed by atoms with van der Waals surface area (Å²) in [4.78, 5) is 10.3. The highest BCUT2D eigenvalue weighted by molar-refractivity contribution is 7.92. The molecule has 0 saturated heterocycles. The molecule has 1 unspecified atom stereocenters. The van der Waals surface area contributed by atoms with Gasteiger partial charge in [-0.15, -0.1) is 0 Å². The number of carboxylic acids is 1. The van der Waals surface area contributed by atoms with Crippen molar-refractivity contribution in [1.82, 2.24) is 0 Å². The minimum Gasteiger partial charge on any atom is -0.481 e. The molecule has 1 aromatic carbocycles. The minimum absolute atomic E-state index is 0.0591. The highest BCUT2D eigenvalue weighted by Crippen LogP contribution is 2.12. The molecule has 1 atom stereocenters. The predicted molar refractivity (Wildman–Crippen MR) is 58.5 cm³/mol. The maximum Gasteiger partial charge on any atom is 0.317 e. The minimum atomic E-state index is -3.09. The van der Waals surface area contributed by atoms with Gasteiger partial charge in [0.05, 0.1) is 15.5 Å². The summed E-state index contributed by atoms with van der Waals surface area (Å²) < 4.78 is 18.9. The summed E-state index contributed by atoms with van der Waals surface area (Å²) in [5.74, 6) is -1.91. The van der Waals surface area contributed by atoms with Crippen LogP contribution in [0.3, 0.4) is 0 Å². The summed E-state index contributed by atoms with van der Waals surface area (Å²) in [6.07, 6.45) is 0. The van der Waals surface area contributed by atoms with E-state index in [4.69, 9.17) is 21.5 Å². The van der Waals surface area contributed by atoms with Gasteiger partial charge in [0, 0.05) is 5.02 Å². The van der Waals surface area contributed by atoms with E-state index in [2.05, 4.69) is 0 Å². The average Bonchev–Trinajstić information content (AvgIpc) is 2.06. The van der Waals surface area contributed by atoms with Crippen LogP contribution >= 0.6 is 11.6 Å². The van der Waals surface area contributed by atoms with Crippen LogP contribution in [0.15, 0.2) is 24.3 Å². The van der Waals surface area contributed by atoms with Crippen LogP contribution < -0.4 is 0 Å². The van der Waals surface area contributed by atoms with Gasteiger partial charge in [0.1, 0.15) is 5.75 Å². The lowest BCUT2D eigenvalue weighted by Gasteiger charge is -2.04. The maximum absolute atomic E-state index is 11.5. The Balaban J connectivity index is 2.78. The maximum atomic E-state index is 11.5. The third kappa shape index (κ3) is 4.31. The molecule has 0 aromatic heterocycles. The number of aliphatic carboxylic acids is 1. The number of benzene rings is 1. The summed E-state index contributed by atoms with van der Waals surface area (Å²) in [6, 6.07) is 6.51. The smallest absolute Gasteiger partial charge is 0.317 e.